The molecule has 0 rings (SSSR count). The highest BCUT2D eigenvalue weighted by atomic mass is 16.6. The minimum absolute atomic E-state index is 0.261. The van der Waals surface area contributed by atoms with Crippen LogP contribution in [0.25, 0.3) is 0 Å². The molecular formula is C36H62O10. The average molecular weight is 655 g/mol. The number of rotatable bonds is 26. The maximum Gasteiger partial charge on any atom is 0.340 e. The van der Waals surface area contributed by atoms with Crippen molar-refractivity contribution >= 4 is 35.3 Å². The summed E-state index contributed by atoms with van der Waals surface area (Å²) in [6.07, 6.45) is 3.18. The molecule has 0 spiro atoms. The number of hydrogen-bond acceptors (Lipinski definition) is 10. The molecule has 46 heavy (non-hydrogen) atoms. The summed E-state index contributed by atoms with van der Waals surface area (Å²) >= 11 is 0. The fourth-order valence-corrected chi connectivity index (χ4v) is 5.92. The van der Waals surface area contributed by atoms with Crippen LogP contribution in [-0.4, -0.2) is 64.3 Å². The van der Waals surface area contributed by atoms with E-state index < -0.39 is 60.4 Å². The van der Waals surface area contributed by atoms with Gasteiger partial charge in [-0.1, -0.05) is 80.1 Å². The van der Waals surface area contributed by atoms with Crippen LogP contribution in [-0.2, 0) is 43.0 Å². The zero-order chi connectivity index (χ0) is 35.4. The van der Waals surface area contributed by atoms with Crippen LogP contribution in [0.2, 0.25) is 0 Å². The van der Waals surface area contributed by atoms with Gasteiger partial charge in [0, 0.05) is 17.8 Å². The van der Waals surface area contributed by atoms with E-state index in [0.717, 1.165) is 38.5 Å². The van der Waals surface area contributed by atoms with Crippen molar-refractivity contribution in [2.75, 3.05) is 0 Å². The van der Waals surface area contributed by atoms with Crippen molar-refractivity contribution in [1.82, 2.24) is 0 Å². The van der Waals surface area contributed by atoms with Crippen molar-refractivity contribution in [2.45, 2.75) is 176 Å². The Morgan fingerprint density at radius 2 is 0.804 bits per heavy atom. The normalized spacial score (nSPS) is 16.6. The van der Waals surface area contributed by atoms with Crippen molar-refractivity contribution in [3.8, 4) is 0 Å². The molecule has 0 fully saturated rings. The van der Waals surface area contributed by atoms with Crippen LogP contribution in [0, 0.1) is 17.8 Å². The van der Waals surface area contributed by atoms with Gasteiger partial charge in [-0.25, -0.2) is 4.79 Å². The van der Waals surface area contributed by atoms with Crippen LogP contribution in [0.3, 0.4) is 0 Å². The van der Waals surface area contributed by atoms with Gasteiger partial charge in [0.1, 0.15) is 0 Å². The molecule has 0 aromatic carbocycles. The van der Waals surface area contributed by atoms with Gasteiger partial charge in [-0.15, -0.1) is 0 Å². The molecule has 0 radical (unpaired) electrons. The molecule has 0 saturated heterocycles. The molecule has 0 aliphatic rings. The third kappa shape index (κ3) is 14.9. The zero-order valence-electron chi connectivity index (χ0n) is 30.0. The summed E-state index contributed by atoms with van der Waals surface area (Å²) < 4.78 is 16.7. The first-order valence-electron chi connectivity index (χ1n) is 17.5. The maximum absolute atomic E-state index is 13.7. The van der Waals surface area contributed by atoms with Crippen molar-refractivity contribution in [2.24, 2.45) is 17.8 Å². The minimum atomic E-state index is -2.77. The third-order valence-electron chi connectivity index (χ3n) is 8.85. The van der Waals surface area contributed by atoms with E-state index in [1.807, 2.05) is 41.5 Å². The predicted octanol–water partition coefficient (Wildman–Crippen LogP) is 6.65. The predicted molar refractivity (Wildman–Crippen MR) is 176 cm³/mol. The van der Waals surface area contributed by atoms with E-state index in [-0.39, 0.29) is 29.3 Å². The molecule has 0 aliphatic carbocycles. The highest BCUT2D eigenvalue weighted by Crippen LogP contribution is 2.29. The van der Waals surface area contributed by atoms with Crippen LogP contribution in [0.5, 0.6) is 0 Å². The molecule has 0 aliphatic heterocycles. The zero-order valence-corrected chi connectivity index (χ0v) is 30.0. The molecule has 10 heteroatoms. The summed E-state index contributed by atoms with van der Waals surface area (Å²) in [7, 11) is 0. The van der Waals surface area contributed by atoms with Gasteiger partial charge in [-0.2, -0.15) is 0 Å². The van der Waals surface area contributed by atoms with E-state index in [1.165, 1.54) is 20.8 Å². The number of Topliss-reactive ketones (excluding diaryl/α,β-unsaturated/α-hetero) is 3. The van der Waals surface area contributed by atoms with Crippen LogP contribution < -0.4 is 0 Å². The molecule has 266 valence electrons. The van der Waals surface area contributed by atoms with E-state index in [1.54, 1.807) is 0 Å². The van der Waals surface area contributed by atoms with Crippen LogP contribution in [0.15, 0.2) is 0 Å². The summed E-state index contributed by atoms with van der Waals surface area (Å²) in [5.74, 6) is -5.52. The Kier molecular flexibility index (Phi) is 21.5. The van der Waals surface area contributed by atoms with Gasteiger partial charge < -0.3 is 19.3 Å². The fourth-order valence-electron chi connectivity index (χ4n) is 5.92. The van der Waals surface area contributed by atoms with E-state index in [0.29, 0.717) is 38.5 Å². The molecule has 10 nitrogen and oxygen atoms in total. The Hall–Kier alpha value is -2.62. The number of aliphatic hydroxyl groups is 1. The lowest BCUT2D eigenvalue weighted by atomic mass is 9.89. The second kappa shape index (κ2) is 22.8. The molecule has 1 N–H and O–H groups in total. The van der Waals surface area contributed by atoms with Crippen LogP contribution >= 0.6 is 0 Å². The van der Waals surface area contributed by atoms with E-state index in [9.17, 15) is 33.9 Å². The van der Waals surface area contributed by atoms with Gasteiger partial charge in [-0.05, 0) is 59.3 Å². The van der Waals surface area contributed by atoms with Crippen LogP contribution in [0.4, 0.5) is 0 Å². The number of carbonyl (C=O) groups is 6. The second-order valence-corrected chi connectivity index (χ2v) is 12.8. The quantitative estimate of drug-likeness (QED) is 0.0793. The molecule has 6 atom stereocenters. The third-order valence-corrected chi connectivity index (χ3v) is 8.85. The van der Waals surface area contributed by atoms with Gasteiger partial charge in [0.15, 0.2) is 41.3 Å². The molecular weight excluding hydrogens is 592 g/mol. The van der Waals surface area contributed by atoms with E-state index in [2.05, 4.69) is 0 Å². The highest BCUT2D eigenvalue weighted by molar-refractivity contribution is 5.93. The Balaban J connectivity index is 6.45. The summed E-state index contributed by atoms with van der Waals surface area (Å²) in [6, 6.07) is 0. The van der Waals surface area contributed by atoms with Gasteiger partial charge in [0.25, 0.3) is 0 Å². The number of hydrogen-bond donors (Lipinski definition) is 1. The number of carbonyl (C=O) groups excluding carboxylic acids is 6. The summed E-state index contributed by atoms with van der Waals surface area (Å²) in [5, 5.41) is 11.7. The smallest absolute Gasteiger partial charge is 0.340 e. The average Bonchev–Trinajstić information content (AvgIpc) is 2.99. The van der Waals surface area contributed by atoms with Gasteiger partial charge in [0.2, 0.25) is 0 Å². The minimum Gasteiger partial charge on any atom is -0.454 e. The van der Waals surface area contributed by atoms with Gasteiger partial charge in [-0.3, -0.25) is 24.0 Å². The Morgan fingerprint density at radius 1 is 0.522 bits per heavy atom. The molecule has 0 aromatic rings. The lowest BCUT2D eigenvalue weighted by molar-refractivity contribution is -0.188. The summed E-state index contributed by atoms with van der Waals surface area (Å²) in [4.78, 5) is 77.9. The molecule has 0 bridgehead atoms. The summed E-state index contributed by atoms with van der Waals surface area (Å²) in [5.41, 5.74) is -2.77. The molecule has 0 amide bonds. The van der Waals surface area contributed by atoms with Crippen molar-refractivity contribution in [3.05, 3.63) is 0 Å². The SMILES string of the molecule is CCCCC(CC)C(OC(=O)CC(O)(CC(=O)OC(C(C)=O)C(CC)CCCC)C(=O)OC(C(C)=O)C(CC)CCCC)C(C)=O. The highest BCUT2D eigenvalue weighted by Gasteiger charge is 2.47. The first-order valence-corrected chi connectivity index (χ1v) is 17.5. The summed E-state index contributed by atoms with van der Waals surface area (Å²) in [6.45, 7) is 15.6. The number of ether oxygens (including phenoxy) is 3. The van der Waals surface area contributed by atoms with Crippen molar-refractivity contribution in [3.63, 3.8) is 0 Å². The lowest BCUT2D eigenvalue weighted by Crippen LogP contribution is -2.49. The molecule has 0 aromatic heterocycles. The topological polar surface area (TPSA) is 150 Å². The Bertz CT molecular complexity index is 924. The monoisotopic (exact) mass is 654 g/mol. The molecule has 0 saturated carbocycles. The second-order valence-electron chi connectivity index (χ2n) is 12.8. The largest absolute Gasteiger partial charge is 0.454 e. The fraction of sp³-hybridized carbons (Fsp3) is 0.833. The van der Waals surface area contributed by atoms with E-state index in [4.69, 9.17) is 14.2 Å². The number of esters is 3. The van der Waals surface area contributed by atoms with Crippen molar-refractivity contribution < 1.29 is 48.1 Å². The standard InChI is InChI=1S/C36H62O10/c1-10-16-19-27(13-4)32(24(7)37)44-30(40)22-36(43,35(42)46-34(26(9)39)29(15-6)21-18-12-3)23-31(41)45-33(25(8)38)28(14-5)20-17-11-2/h27-29,32-34,43H,10-23H2,1-9H3. The Morgan fingerprint density at radius 3 is 1.04 bits per heavy atom. The van der Waals surface area contributed by atoms with Gasteiger partial charge >= 0.3 is 17.9 Å². The number of unbranched alkanes of at least 4 members (excludes halogenated alkanes) is 3. The van der Waals surface area contributed by atoms with Crippen LogP contribution in [0.1, 0.15) is 152 Å². The first-order chi connectivity index (χ1) is 21.7. The molecule has 0 heterocycles. The number of ketones is 3. The maximum atomic E-state index is 13.7. The van der Waals surface area contributed by atoms with E-state index >= 15 is 0 Å². The lowest BCUT2D eigenvalue weighted by Gasteiger charge is -2.31. The first kappa shape index (κ1) is 43.4. The Labute approximate surface area is 277 Å². The van der Waals surface area contributed by atoms with Crippen molar-refractivity contribution in [1.29, 1.82) is 0 Å². The molecule has 6 unspecified atom stereocenters. The van der Waals surface area contributed by atoms with Gasteiger partial charge in [0.05, 0.1) is 12.8 Å².